The predicted molar refractivity (Wildman–Crippen MR) is 63.5 cm³/mol. The third-order valence-electron chi connectivity index (χ3n) is 2.26. The van der Waals surface area contributed by atoms with Crippen molar-refractivity contribution in [2.24, 2.45) is 0 Å². The van der Waals surface area contributed by atoms with E-state index in [1.165, 1.54) is 16.7 Å². The van der Waals surface area contributed by atoms with Crippen LogP contribution >= 0.6 is 0 Å². The molecule has 0 heterocycles. The van der Waals surface area contributed by atoms with Crippen LogP contribution in [0.15, 0.2) is 48.6 Å². The van der Waals surface area contributed by atoms with Crippen LogP contribution in [0.5, 0.6) is 0 Å². The molecular weight excluding hydrogens is 168 g/mol. The number of hydrogen-bond acceptors (Lipinski definition) is 0. The molecule has 0 radical (unpaired) electrons. The normalized spacial score (nSPS) is 10.7. The van der Waals surface area contributed by atoms with Crippen LogP contribution in [0.2, 0.25) is 0 Å². The summed E-state index contributed by atoms with van der Waals surface area (Å²) in [6.07, 6.45) is 6.25. The van der Waals surface area contributed by atoms with E-state index >= 15 is 0 Å². The third kappa shape index (κ3) is 3.61. The van der Waals surface area contributed by atoms with Crippen molar-refractivity contribution in [1.29, 1.82) is 0 Å². The lowest BCUT2D eigenvalue weighted by molar-refractivity contribution is 0.967. The van der Waals surface area contributed by atoms with Crippen LogP contribution in [-0.4, -0.2) is 0 Å². The lowest BCUT2D eigenvalue weighted by atomic mass is 10.0. The molecule has 0 saturated carbocycles. The van der Waals surface area contributed by atoms with E-state index in [0.29, 0.717) is 0 Å². The van der Waals surface area contributed by atoms with Crippen molar-refractivity contribution >= 4 is 0 Å². The first-order valence-electron chi connectivity index (χ1n) is 5.08. The van der Waals surface area contributed by atoms with Gasteiger partial charge in [-0.25, -0.2) is 0 Å². The molecule has 0 atom stereocenters. The fraction of sp³-hybridized carbons (Fsp3) is 0.286. The van der Waals surface area contributed by atoms with Crippen LogP contribution in [0.3, 0.4) is 0 Å². The van der Waals surface area contributed by atoms with Gasteiger partial charge in [-0.2, -0.15) is 0 Å². The van der Waals surface area contributed by atoms with Crippen molar-refractivity contribution < 1.29 is 0 Å². The molecule has 14 heavy (non-hydrogen) atoms. The van der Waals surface area contributed by atoms with Gasteiger partial charge in [0.1, 0.15) is 0 Å². The minimum absolute atomic E-state index is 1.05. The Morgan fingerprint density at radius 1 is 1.29 bits per heavy atom. The molecule has 0 amide bonds. The molecule has 0 heteroatoms. The average Bonchev–Trinajstić information content (AvgIpc) is 2.17. The number of aryl methyl sites for hydroxylation is 2. The Hall–Kier alpha value is -1.30. The van der Waals surface area contributed by atoms with Crippen molar-refractivity contribution in [3.8, 4) is 0 Å². The molecule has 1 rings (SSSR count). The van der Waals surface area contributed by atoms with Crippen LogP contribution in [0, 0.1) is 6.92 Å². The highest BCUT2D eigenvalue weighted by Gasteiger charge is 1.93. The Bertz CT molecular complexity index is 314. The SMILES string of the molecule is C=C(/C=C\C)CCc1ccc(C)cc1. The van der Waals surface area contributed by atoms with Crippen LogP contribution in [0.1, 0.15) is 24.5 Å². The van der Waals surface area contributed by atoms with Crippen molar-refractivity contribution in [1.82, 2.24) is 0 Å². The van der Waals surface area contributed by atoms with E-state index in [0.717, 1.165) is 12.8 Å². The molecule has 0 aliphatic rings. The Balaban J connectivity index is 2.46. The maximum atomic E-state index is 3.99. The van der Waals surface area contributed by atoms with Gasteiger partial charge in [-0.1, -0.05) is 54.1 Å². The van der Waals surface area contributed by atoms with Crippen LogP contribution < -0.4 is 0 Å². The van der Waals surface area contributed by atoms with Gasteiger partial charge in [0.15, 0.2) is 0 Å². The zero-order valence-electron chi connectivity index (χ0n) is 9.09. The highest BCUT2D eigenvalue weighted by atomic mass is 14.0. The lowest BCUT2D eigenvalue weighted by Gasteiger charge is -2.01. The van der Waals surface area contributed by atoms with Gasteiger partial charge in [-0.15, -0.1) is 0 Å². The zero-order valence-corrected chi connectivity index (χ0v) is 9.09. The van der Waals surface area contributed by atoms with E-state index in [9.17, 15) is 0 Å². The molecule has 0 N–H and O–H groups in total. The smallest absolute Gasteiger partial charge is 0.0238 e. The number of allylic oxidation sites excluding steroid dienone is 3. The summed E-state index contributed by atoms with van der Waals surface area (Å²) in [5.74, 6) is 0. The molecule has 0 aliphatic heterocycles. The monoisotopic (exact) mass is 186 g/mol. The van der Waals surface area contributed by atoms with E-state index < -0.39 is 0 Å². The van der Waals surface area contributed by atoms with Gasteiger partial charge >= 0.3 is 0 Å². The molecule has 0 fully saturated rings. The maximum Gasteiger partial charge on any atom is -0.0238 e. The second-order valence-corrected chi connectivity index (χ2v) is 3.64. The van der Waals surface area contributed by atoms with Crippen LogP contribution in [0.4, 0.5) is 0 Å². The maximum absolute atomic E-state index is 3.99. The minimum atomic E-state index is 1.05. The summed E-state index contributed by atoms with van der Waals surface area (Å²) in [6.45, 7) is 8.13. The Morgan fingerprint density at radius 2 is 1.93 bits per heavy atom. The second kappa shape index (κ2) is 5.43. The van der Waals surface area contributed by atoms with E-state index in [4.69, 9.17) is 0 Å². The molecule has 0 spiro atoms. The van der Waals surface area contributed by atoms with Gasteiger partial charge in [-0.3, -0.25) is 0 Å². The Labute approximate surface area is 87.0 Å². The average molecular weight is 186 g/mol. The fourth-order valence-corrected chi connectivity index (χ4v) is 1.38. The van der Waals surface area contributed by atoms with Gasteiger partial charge in [0.2, 0.25) is 0 Å². The standard InChI is InChI=1S/C14H18/c1-4-5-12(2)6-9-14-10-7-13(3)8-11-14/h4-5,7-8,10-11H,2,6,9H2,1,3H3/b5-4-. The summed E-state index contributed by atoms with van der Waals surface area (Å²) >= 11 is 0. The van der Waals surface area contributed by atoms with Crippen molar-refractivity contribution in [2.75, 3.05) is 0 Å². The molecule has 0 unspecified atom stereocenters. The molecule has 0 aliphatic carbocycles. The molecule has 1 aromatic rings. The highest BCUT2D eigenvalue weighted by molar-refractivity contribution is 5.23. The van der Waals surface area contributed by atoms with E-state index in [1.54, 1.807) is 0 Å². The zero-order chi connectivity index (χ0) is 10.4. The first kappa shape index (κ1) is 10.8. The topological polar surface area (TPSA) is 0 Å². The highest BCUT2D eigenvalue weighted by Crippen LogP contribution is 2.09. The van der Waals surface area contributed by atoms with Gasteiger partial charge in [-0.05, 0) is 32.3 Å². The van der Waals surface area contributed by atoms with Crippen molar-refractivity contribution in [2.45, 2.75) is 26.7 Å². The third-order valence-corrected chi connectivity index (χ3v) is 2.26. The van der Waals surface area contributed by atoms with Gasteiger partial charge in [0.05, 0.1) is 0 Å². The van der Waals surface area contributed by atoms with Crippen molar-refractivity contribution in [3.05, 3.63) is 59.7 Å². The number of rotatable bonds is 4. The van der Waals surface area contributed by atoms with Gasteiger partial charge in [0, 0.05) is 0 Å². The van der Waals surface area contributed by atoms with E-state index in [-0.39, 0.29) is 0 Å². The minimum Gasteiger partial charge on any atom is -0.0958 e. The molecule has 0 aromatic heterocycles. The first-order valence-corrected chi connectivity index (χ1v) is 5.08. The largest absolute Gasteiger partial charge is 0.0958 e. The van der Waals surface area contributed by atoms with Gasteiger partial charge in [0.25, 0.3) is 0 Å². The molecular formula is C14H18. The van der Waals surface area contributed by atoms with Crippen molar-refractivity contribution in [3.63, 3.8) is 0 Å². The van der Waals surface area contributed by atoms with Crippen LogP contribution in [0.25, 0.3) is 0 Å². The summed E-state index contributed by atoms with van der Waals surface area (Å²) in [5.41, 5.74) is 3.91. The number of hydrogen-bond donors (Lipinski definition) is 0. The Morgan fingerprint density at radius 3 is 2.50 bits per heavy atom. The molecule has 0 nitrogen and oxygen atoms in total. The molecule has 74 valence electrons. The summed E-state index contributed by atoms with van der Waals surface area (Å²) < 4.78 is 0. The van der Waals surface area contributed by atoms with E-state index in [1.807, 2.05) is 13.0 Å². The summed E-state index contributed by atoms with van der Waals surface area (Å²) in [7, 11) is 0. The summed E-state index contributed by atoms with van der Waals surface area (Å²) in [6, 6.07) is 8.71. The molecule has 1 aromatic carbocycles. The Kier molecular flexibility index (Phi) is 4.18. The first-order chi connectivity index (χ1) is 6.72. The van der Waals surface area contributed by atoms with Gasteiger partial charge < -0.3 is 0 Å². The predicted octanol–water partition coefficient (Wildman–Crippen LogP) is 4.06. The lowest BCUT2D eigenvalue weighted by Crippen LogP contribution is -1.86. The summed E-state index contributed by atoms with van der Waals surface area (Å²) in [4.78, 5) is 0. The van der Waals surface area contributed by atoms with E-state index in [2.05, 4.69) is 43.8 Å². The quantitative estimate of drug-likeness (QED) is 0.622. The molecule has 0 bridgehead atoms. The molecule has 0 saturated heterocycles. The second-order valence-electron chi connectivity index (χ2n) is 3.64. The number of benzene rings is 1. The van der Waals surface area contributed by atoms with Crippen LogP contribution in [-0.2, 0) is 6.42 Å². The fourth-order valence-electron chi connectivity index (χ4n) is 1.38. The summed E-state index contributed by atoms with van der Waals surface area (Å²) in [5, 5.41) is 0.